The highest BCUT2D eigenvalue weighted by atomic mass is 16.6. The number of rotatable bonds is 3. The van der Waals surface area contributed by atoms with E-state index in [1.54, 1.807) is 16.5 Å². The van der Waals surface area contributed by atoms with Crippen LogP contribution in [0.4, 0.5) is 0 Å². The lowest BCUT2D eigenvalue weighted by Crippen LogP contribution is -2.27. The Hall–Kier alpha value is -3.16. The van der Waals surface area contributed by atoms with Crippen molar-refractivity contribution < 1.29 is 14.3 Å². The van der Waals surface area contributed by atoms with Crippen molar-refractivity contribution in [2.24, 2.45) is 0 Å². The summed E-state index contributed by atoms with van der Waals surface area (Å²) in [5.74, 6) is 1.73. The lowest BCUT2D eigenvalue weighted by molar-refractivity contribution is 0.0773. The van der Waals surface area contributed by atoms with Gasteiger partial charge >= 0.3 is 0 Å². The summed E-state index contributed by atoms with van der Waals surface area (Å²) in [5, 5.41) is 4.29. The van der Waals surface area contributed by atoms with Gasteiger partial charge in [-0.2, -0.15) is 4.98 Å². The number of aromatic nitrogens is 4. The molecule has 1 aliphatic rings. The van der Waals surface area contributed by atoms with Crippen molar-refractivity contribution >= 4 is 11.7 Å². The van der Waals surface area contributed by atoms with Crippen LogP contribution in [-0.2, 0) is 6.54 Å². The van der Waals surface area contributed by atoms with Crippen LogP contribution in [0.3, 0.4) is 0 Å². The Morgan fingerprint density at radius 2 is 1.92 bits per heavy atom. The Kier molecular flexibility index (Phi) is 3.95. The highest BCUT2D eigenvalue weighted by molar-refractivity contribution is 5.90. The summed E-state index contributed by atoms with van der Waals surface area (Å²) in [5.41, 5.74) is 2.67. The molecule has 2 aromatic heterocycles. The summed E-state index contributed by atoms with van der Waals surface area (Å²) in [6.07, 6.45) is 0. The number of aryl methyl sites for hydroxylation is 2. The maximum Gasteiger partial charge on any atom is 0.293 e. The molecule has 26 heavy (non-hydrogen) atoms. The summed E-state index contributed by atoms with van der Waals surface area (Å²) >= 11 is 0. The van der Waals surface area contributed by atoms with Crippen molar-refractivity contribution in [3.63, 3.8) is 0 Å². The molecular formula is C18H19N5O3. The van der Waals surface area contributed by atoms with Gasteiger partial charge in [0.15, 0.2) is 11.5 Å². The van der Waals surface area contributed by atoms with E-state index in [9.17, 15) is 4.79 Å². The van der Waals surface area contributed by atoms with E-state index in [1.165, 1.54) is 0 Å². The fourth-order valence-electron chi connectivity index (χ4n) is 2.96. The van der Waals surface area contributed by atoms with Crippen LogP contribution < -0.4 is 9.47 Å². The fourth-order valence-corrected chi connectivity index (χ4v) is 2.96. The smallest absolute Gasteiger partial charge is 0.293 e. The molecule has 1 amide bonds. The van der Waals surface area contributed by atoms with Gasteiger partial charge in [0, 0.05) is 25.0 Å². The topological polar surface area (TPSA) is 81.9 Å². The standard InChI is InChI=1S/C18H19N5O3/c1-11-8-12(2)23-18(19-11)20-16(21-23)17(24)22(3)10-13-4-5-14-15(9-13)26-7-6-25-14/h4-5,8-9H,6-7,10H2,1-3H3. The molecule has 0 saturated heterocycles. The number of hydrogen-bond donors (Lipinski definition) is 0. The van der Waals surface area contributed by atoms with E-state index in [4.69, 9.17) is 9.47 Å². The van der Waals surface area contributed by atoms with Gasteiger partial charge in [-0.3, -0.25) is 4.79 Å². The van der Waals surface area contributed by atoms with Crippen molar-refractivity contribution in [1.29, 1.82) is 0 Å². The molecule has 1 aliphatic heterocycles. The quantitative estimate of drug-likeness (QED) is 0.714. The number of benzene rings is 1. The van der Waals surface area contributed by atoms with Crippen LogP contribution in [0.1, 0.15) is 27.6 Å². The third-order valence-corrected chi connectivity index (χ3v) is 4.18. The summed E-state index contributed by atoms with van der Waals surface area (Å²) < 4.78 is 12.7. The summed E-state index contributed by atoms with van der Waals surface area (Å²) in [6.45, 7) is 5.29. The van der Waals surface area contributed by atoms with E-state index in [2.05, 4.69) is 15.1 Å². The molecular weight excluding hydrogens is 334 g/mol. The SMILES string of the molecule is Cc1cc(C)n2nc(C(=O)N(C)Cc3ccc4c(c3)OCCO4)nc2n1. The molecule has 134 valence electrons. The molecule has 3 aromatic rings. The Balaban J connectivity index is 1.55. The van der Waals surface area contributed by atoms with Crippen molar-refractivity contribution in [2.45, 2.75) is 20.4 Å². The highest BCUT2D eigenvalue weighted by Gasteiger charge is 2.20. The molecule has 0 bridgehead atoms. The van der Waals surface area contributed by atoms with Crippen molar-refractivity contribution in [1.82, 2.24) is 24.5 Å². The third kappa shape index (κ3) is 2.94. The van der Waals surface area contributed by atoms with Gasteiger partial charge in [0.25, 0.3) is 11.7 Å². The molecule has 0 atom stereocenters. The molecule has 0 radical (unpaired) electrons. The van der Waals surface area contributed by atoms with Gasteiger partial charge in [-0.1, -0.05) is 6.07 Å². The normalized spacial score (nSPS) is 13.0. The van der Waals surface area contributed by atoms with E-state index in [0.29, 0.717) is 31.3 Å². The zero-order valence-corrected chi connectivity index (χ0v) is 14.9. The van der Waals surface area contributed by atoms with E-state index in [-0.39, 0.29) is 11.7 Å². The van der Waals surface area contributed by atoms with Crippen molar-refractivity contribution in [3.8, 4) is 11.5 Å². The van der Waals surface area contributed by atoms with Crippen LogP contribution in [0.2, 0.25) is 0 Å². The number of carbonyl (C=O) groups is 1. The van der Waals surface area contributed by atoms with Crippen LogP contribution in [0.15, 0.2) is 24.3 Å². The number of fused-ring (bicyclic) bond motifs is 2. The second kappa shape index (κ2) is 6.29. The first-order chi connectivity index (χ1) is 12.5. The maximum atomic E-state index is 12.7. The first-order valence-electron chi connectivity index (χ1n) is 8.36. The van der Waals surface area contributed by atoms with Gasteiger partial charge in [0.05, 0.1) is 0 Å². The number of ether oxygens (including phenoxy) is 2. The fraction of sp³-hybridized carbons (Fsp3) is 0.333. The summed E-state index contributed by atoms with van der Waals surface area (Å²) in [4.78, 5) is 22.9. The predicted molar refractivity (Wildman–Crippen MR) is 93.5 cm³/mol. The Labute approximate surface area is 150 Å². The van der Waals surface area contributed by atoms with Gasteiger partial charge in [0.2, 0.25) is 5.82 Å². The van der Waals surface area contributed by atoms with Gasteiger partial charge in [-0.05, 0) is 37.6 Å². The monoisotopic (exact) mass is 353 g/mol. The van der Waals surface area contributed by atoms with E-state index < -0.39 is 0 Å². The molecule has 0 spiro atoms. The zero-order chi connectivity index (χ0) is 18.3. The average molecular weight is 353 g/mol. The molecule has 4 rings (SSSR count). The lowest BCUT2D eigenvalue weighted by Gasteiger charge is -2.20. The summed E-state index contributed by atoms with van der Waals surface area (Å²) in [6, 6.07) is 7.57. The zero-order valence-electron chi connectivity index (χ0n) is 14.9. The molecule has 0 saturated carbocycles. The van der Waals surface area contributed by atoms with Gasteiger partial charge in [-0.25, -0.2) is 9.50 Å². The van der Waals surface area contributed by atoms with Gasteiger partial charge in [-0.15, -0.1) is 5.10 Å². The van der Waals surface area contributed by atoms with Crippen LogP contribution in [0, 0.1) is 13.8 Å². The van der Waals surface area contributed by atoms with E-state index in [1.807, 2.05) is 38.1 Å². The van der Waals surface area contributed by atoms with Crippen LogP contribution in [0.25, 0.3) is 5.78 Å². The van der Waals surface area contributed by atoms with Crippen LogP contribution in [0.5, 0.6) is 11.5 Å². The second-order valence-corrected chi connectivity index (χ2v) is 6.33. The minimum Gasteiger partial charge on any atom is -0.486 e. The number of nitrogens with zero attached hydrogens (tertiary/aromatic N) is 5. The lowest BCUT2D eigenvalue weighted by atomic mass is 10.2. The van der Waals surface area contributed by atoms with Gasteiger partial charge < -0.3 is 14.4 Å². The number of hydrogen-bond acceptors (Lipinski definition) is 6. The Morgan fingerprint density at radius 3 is 2.73 bits per heavy atom. The molecule has 0 fully saturated rings. The molecule has 0 unspecified atom stereocenters. The molecule has 8 heteroatoms. The first-order valence-corrected chi connectivity index (χ1v) is 8.36. The Morgan fingerprint density at radius 1 is 1.15 bits per heavy atom. The predicted octanol–water partition coefficient (Wildman–Crippen LogP) is 1.78. The molecule has 0 N–H and O–H groups in total. The molecule has 1 aromatic carbocycles. The highest BCUT2D eigenvalue weighted by Crippen LogP contribution is 2.31. The molecule has 8 nitrogen and oxygen atoms in total. The molecule has 0 aliphatic carbocycles. The van der Waals surface area contributed by atoms with Crippen molar-refractivity contribution in [2.75, 3.05) is 20.3 Å². The van der Waals surface area contributed by atoms with E-state index >= 15 is 0 Å². The second-order valence-electron chi connectivity index (χ2n) is 6.33. The number of carbonyl (C=O) groups excluding carboxylic acids is 1. The minimum atomic E-state index is -0.262. The first kappa shape index (κ1) is 16.3. The minimum absolute atomic E-state index is 0.131. The maximum absolute atomic E-state index is 12.7. The van der Waals surface area contributed by atoms with E-state index in [0.717, 1.165) is 22.7 Å². The average Bonchev–Trinajstić information content (AvgIpc) is 3.05. The van der Waals surface area contributed by atoms with Crippen LogP contribution in [-0.4, -0.2) is 50.7 Å². The van der Waals surface area contributed by atoms with Crippen LogP contribution >= 0.6 is 0 Å². The third-order valence-electron chi connectivity index (χ3n) is 4.18. The van der Waals surface area contributed by atoms with Crippen molar-refractivity contribution in [3.05, 3.63) is 47.0 Å². The molecule has 3 heterocycles. The van der Waals surface area contributed by atoms with Gasteiger partial charge in [0.1, 0.15) is 13.2 Å². The summed E-state index contributed by atoms with van der Waals surface area (Å²) in [7, 11) is 1.72. The largest absolute Gasteiger partial charge is 0.486 e. The Bertz CT molecular complexity index is 998. The number of amides is 1.